The maximum absolute atomic E-state index is 2.50. The molecule has 0 N–H and O–H groups in total. The zero-order valence-electron chi connectivity index (χ0n) is 34.0. The van der Waals surface area contributed by atoms with Gasteiger partial charge in [-0.1, -0.05) is 212 Å². The van der Waals surface area contributed by atoms with Crippen molar-refractivity contribution in [3.05, 3.63) is 259 Å². The number of anilines is 3. The Morgan fingerprint density at radius 3 is 1.69 bits per heavy atom. The molecule has 0 heterocycles. The molecule has 1 heteroatoms. The molecule has 10 aromatic carbocycles. The number of nitrogens with zero attached hydrogens (tertiary/aromatic N) is 1. The van der Waals surface area contributed by atoms with Crippen LogP contribution in [0.25, 0.3) is 66.4 Å². The number of para-hydroxylation sites is 1. The highest BCUT2D eigenvalue weighted by molar-refractivity contribution is 6.00. The molecule has 1 aliphatic rings. The van der Waals surface area contributed by atoms with Crippen LogP contribution in [-0.2, 0) is 5.41 Å². The Morgan fingerprint density at radius 2 is 0.852 bits per heavy atom. The molecule has 0 aliphatic heterocycles. The summed E-state index contributed by atoms with van der Waals surface area (Å²) in [5.41, 5.74) is 19.0. The van der Waals surface area contributed by atoms with Gasteiger partial charge in [-0.25, -0.2) is 0 Å². The van der Waals surface area contributed by atoms with E-state index in [-0.39, 0.29) is 5.41 Å². The quantitative estimate of drug-likeness (QED) is 0.149. The number of hydrogen-bond acceptors (Lipinski definition) is 1. The van der Waals surface area contributed by atoms with E-state index in [0.29, 0.717) is 0 Å². The minimum atomic E-state index is -0.327. The summed E-state index contributed by atoms with van der Waals surface area (Å²) in [6.07, 6.45) is 0. The molecular weight excluding hydrogens is 735 g/mol. The van der Waals surface area contributed by atoms with Crippen LogP contribution in [0.1, 0.15) is 23.6 Å². The highest BCUT2D eigenvalue weighted by atomic mass is 15.1. The van der Waals surface area contributed by atoms with Crippen LogP contribution in [0.2, 0.25) is 0 Å². The van der Waals surface area contributed by atoms with E-state index in [2.05, 4.69) is 254 Å². The Labute approximate surface area is 358 Å². The Morgan fingerprint density at radius 1 is 0.328 bits per heavy atom. The predicted octanol–water partition coefficient (Wildman–Crippen LogP) is 16.3. The summed E-state index contributed by atoms with van der Waals surface area (Å²) in [5, 5.41) is 2.52. The van der Waals surface area contributed by atoms with E-state index in [1.54, 1.807) is 0 Å². The first-order chi connectivity index (χ1) is 30.1. The summed E-state index contributed by atoms with van der Waals surface area (Å²) in [6, 6.07) is 88.8. The minimum absolute atomic E-state index is 0.327. The van der Waals surface area contributed by atoms with Crippen molar-refractivity contribution in [1.82, 2.24) is 0 Å². The van der Waals surface area contributed by atoms with Crippen LogP contribution in [0, 0.1) is 0 Å². The SMILES string of the molecule is CC1(c2ccccc2)c2ccccc2-c2c(N(c3cccc(-c4ccc(-c5cccc6ccccc56)cc4)c3)c3ccccc3-c3cccc(-c4ccccc4)c3)cccc21. The molecular formula is C60H43N. The van der Waals surface area contributed by atoms with Gasteiger partial charge in [0.15, 0.2) is 0 Å². The van der Waals surface area contributed by atoms with Gasteiger partial charge in [0.1, 0.15) is 0 Å². The predicted molar refractivity (Wildman–Crippen MR) is 258 cm³/mol. The van der Waals surface area contributed by atoms with Crippen molar-refractivity contribution >= 4 is 27.8 Å². The highest BCUT2D eigenvalue weighted by Gasteiger charge is 2.42. The Hall–Kier alpha value is -7.74. The average Bonchev–Trinajstić information content (AvgIpc) is 3.61. The van der Waals surface area contributed by atoms with Crippen LogP contribution in [0.3, 0.4) is 0 Å². The smallest absolute Gasteiger partial charge is 0.0543 e. The summed E-state index contributed by atoms with van der Waals surface area (Å²) in [6.45, 7) is 2.40. The number of hydrogen-bond donors (Lipinski definition) is 0. The zero-order chi connectivity index (χ0) is 40.8. The van der Waals surface area contributed by atoms with Crippen LogP contribution in [0.5, 0.6) is 0 Å². The lowest BCUT2D eigenvalue weighted by molar-refractivity contribution is 0.714. The van der Waals surface area contributed by atoms with E-state index in [4.69, 9.17) is 0 Å². The van der Waals surface area contributed by atoms with Gasteiger partial charge < -0.3 is 4.90 Å². The van der Waals surface area contributed by atoms with E-state index in [1.807, 2.05) is 0 Å². The molecule has 61 heavy (non-hydrogen) atoms. The third kappa shape index (κ3) is 6.26. The normalized spacial score (nSPS) is 14.0. The van der Waals surface area contributed by atoms with Crippen molar-refractivity contribution < 1.29 is 0 Å². The van der Waals surface area contributed by atoms with Gasteiger partial charge in [-0.3, -0.25) is 0 Å². The van der Waals surface area contributed by atoms with Crippen LogP contribution in [-0.4, -0.2) is 0 Å². The highest BCUT2D eigenvalue weighted by Crippen LogP contribution is 2.57. The van der Waals surface area contributed by atoms with Crippen LogP contribution < -0.4 is 4.90 Å². The summed E-state index contributed by atoms with van der Waals surface area (Å²) < 4.78 is 0. The van der Waals surface area contributed by atoms with Crippen molar-refractivity contribution in [2.75, 3.05) is 4.90 Å². The molecule has 11 rings (SSSR count). The van der Waals surface area contributed by atoms with Gasteiger partial charge in [0.05, 0.1) is 11.4 Å². The van der Waals surface area contributed by atoms with Gasteiger partial charge in [0, 0.05) is 22.2 Å². The standard InChI is InChI=1S/C60H43N/c1-60(49-25-6-3-7-26-49)55-32-12-10-30-54(55)59-56(60)33-17-35-58(59)61(57-34-13-11-29-53(57)48-24-14-22-46(40-48)42-18-4-2-5-19-42)50-27-15-23-47(41-50)43-36-38-45(39-37-43)52-31-16-21-44-20-8-9-28-51(44)52/h2-41H,1H3. The molecule has 10 aromatic rings. The number of benzene rings is 10. The zero-order valence-corrected chi connectivity index (χ0v) is 34.0. The lowest BCUT2D eigenvalue weighted by Crippen LogP contribution is -2.22. The Balaban J connectivity index is 1.10. The molecule has 1 atom stereocenters. The van der Waals surface area contributed by atoms with E-state index in [0.717, 1.165) is 22.6 Å². The van der Waals surface area contributed by atoms with E-state index >= 15 is 0 Å². The Kier molecular flexibility index (Phi) is 9.02. The van der Waals surface area contributed by atoms with Crippen LogP contribution in [0.15, 0.2) is 243 Å². The second-order valence-electron chi connectivity index (χ2n) is 16.2. The first-order valence-electron chi connectivity index (χ1n) is 21.2. The second kappa shape index (κ2) is 15.1. The van der Waals surface area contributed by atoms with Gasteiger partial charge >= 0.3 is 0 Å². The molecule has 1 unspecified atom stereocenters. The first kappa shape index (κ1) is 36.3. The summed E-state index contributed by atoms with van der Waals surface area (Å²) >= 11 is 0. The lowest BCUT2D eigenvalue weighted by atomic mass is 9.74. The molecule has 0 radical (unpaired) electrons. The summed E-state index contributed by atoms with van der Waals surface area (Å²) in [7, 11) is 0. The van der Waals surface area contributed by atoms with Crippen molar-refractivity contribution in [3.63, 3.8) is 0 Å². The third-order valence-electron chi connectivity index (χ3n) is 12.8. The molecule has 0 fully saturated rings. The molecule has 0 amide bonds. The van der Waals surface area contributed by atoms with Gasteiger partial charge in [-0.2, -0.15) is 0 Å². The maximum Gasteiger partial charge on any atom is 0.0543 e. The molecule has 0 aromatic heterocycles. The molecule has 0 saturated heterocycles. The van der Waals surface area contributed by atoms with Crippen LogP contribution in [0.4, 0.5) is 17.1 Å². The molecule has 0 saturated carbocycles. The van der Waals surface area contributed by atoms with Gasteiger partial charge in [-0.15, -0.1) is 0 Å². The van der Waals surface area contributed by atoms with Gasteiger partial charge in [-0.05, 0) is 109 Å². The van der Waals surface area contributed by atoms with Crippen molar-refractivity contribution in [2.45, 2.75) is 12.3 Å². The molecule has 0 spiro atoms. The van der Waals surface area contributed by atoms with Crippen molar-refractivity contribution in [3.8, 4) is 55.6 Å². The number of fused-ring (bicyclic) bond motifs is 4. The Bertz CT molecular complexity index is 3190. The summed E-state index contributed by atoms with van der Waals surface area (Å²) in [4.78, 5) is 2.50. The third-order valence-corrected chi connectivity index (χ3v) is 12.8. The van der Waals surface area contributed by atoms with E-state index in [9.17, 15) is 0 Å². The van der Waals surface area contributed by atoms with Crippen LogP contribution >= 0.6 is 0 Å². The topological polar surface area (TPSA) is 3.24 Å². The number of rotatable bonds is 8. The summed E-state index contributed by atoms with van der Waals surface area (Å²) in [5.74, 6) is 0. The second-order valence-corrected chi connectivity index (χ2v) is 16.2. The fourth-order valence-corrected chi connectivity index (χ4v) is 9.75. The molecule has 1 nitrogen and oxygen atoms in total. The van der Waals surface area contributed by atoms with E-state index < -0.39 is 0 Å². The van der Waals surface area contributed by atoms with Gasteiger partial charge in [0.2, 0.25) is 0 Å². The fourth-order valence-electron chi connectivity index (χ4n) is 9.75. The largest absolute Gasteiger partial charge is 0.309 e. The monoisotopic (exact) mass is 777 g/mol. The first-order valence-corrected chi connectivity index (χ1v) is 21.2. The maximum atomic E-state index is 2.50. The molecule has 1 aliphatic carbocycles. The average molecular weight is 778 g/mol. The van der Waals surface area contributed by atoms with Gasteiger partial charge in [0.25, 0.3) is 0 Å². The van der Waals surface area contributed by atoms with E-state index in [1.165, 1.54) is 77.5 Å². The molecule has 0 bridgehead atoms. The molecule has 288 valence electrons. The van der Waals surface area contributed by atoms with Crippen molar-refractivity contribution in [1.29, 1.82) is 0 Å². The fraction of sp³-hybridized carbons (Fsp3) is 0.0333. The van der Waals surface area contributed by atoms with Crippen molar-refractivity contribution in [2.24, 2.45) is 0 Å². The minimum Gasteiger partial charge on any atom is -0.309 e. The lowest BCUT2D eigenvalue weighted by Gasteiger charge is -2.32.